The van der Waals surface area contributed by atoms with E-state index in [0.717, 1.165) is 33.5 Å². The molecule has 1 aliphatic carbocycles. The average molecular weight is 551 g/mol. The van der Waals surface area contributed by atoms with Gasteiger partial charge in [-0.3, -0.25) is 0 Å². The minimum atomic E-state index is -0.439. The lowest BCUT2D eigenvalue weighted by Crippen LogP contribution is -2.41. The van der Waals surface area contributed by atoms with Gasteiger partial charge in [-0.25, -0.2) is 9.97 Å². The van der Waals surface area contributed by atoms with Gasteiger partial charge in [0.2, 0.25) is 0 Å². The van der Waals surface area contributed by atoms with Gasteiger partial charge in [0.05, 0.1) is 22.6 Å². The van der Waals surface area contributed by atoms with E-state index >= 15 is 0 Å². The summed E-state index contributed by atoms with van der Waals surface area (Å²) in [5, 5.41) is 0. The van der Waals surface area contributed by atoms with Crippen molar-refractivity contribution >= 4 is 12.6 Å². The van der Waals surface area contributed by atoms with Crippen LogP contribution < -0.4 is 5.46 Å². The summed E-state index contributed by atoms with van der Waals surface area (Å²) in [4.78, 5) is 10.2. The predicted octanol–water partition coefficient (Wildman–Crippen LogP) is 8.08. The Kier molecular flexibility index (Phi) is 6.06. The molecule has 5 aromatic rings. The van der Waals surface area contributed by atoms with Gasteiger partial charge in [-0.05, 0) is 73.1 Å². The van der Waals surface area contributed by atoms with Crippen molar-refractivity contribution in [1.29, 1.82) is 0 Å². The fourth-order valence-electron chi connectivity index (χ4n) is 6.15. The zero-order valence-corrected chi connectivity index (χ0v) is 25.1. The highest BCUT2D eigenvalue weighted by atomic mass is 16.7. The van der Waals surface area contributed by atoms with E-state index in [1.807, 2.05) is 18.2 Å². The molecule has 1 fully saturated rings. The quantitative estimate of drug-likeness (QED) is 0.212. The second-order valence-corrected chi connectivity index (χ2v) is 13.0. The van der Waals surface area contributed by atoms with Crippen LogP contribution in [-0.4, -0.2) is 28.3 Å². The summed E-state index contributed by atoms with van der Waals surface area (Å²) in [7, 11) is -0.439. The molecular weight excluding hydrogens is 515 g/mol. The molecular formula is C37H35BN2O2. The van der Waals surface area contributed by atoms with E-state index < -0.39 is 18.3 Å². The van der Waals surface area contributed by atoms with Crippen LogP contribution in [0.25, 0.3) is 45.0 Å². The number of rotatable bonds is 4. The minimum Gasteiger partial charge on any atom is -0.399 e. The maximum absolute atomic E-state index is 6.36. The zero-order chi connectivity index (χ0) is 29.3. The van der Waals surface area contributed by atoms with Gasteiger partial charge in [-0.2, -0.15) is 0 Å². The van der Waals surface area contributed by atoms with Gasteiger partial charge in [-0.15, -0.1) is 0 Å². The molecule has 0 unspecified atom stereocenters. The van der Waals surface area contributed by atoms with E-state index in [2.05, 4.69) is 126 Å². The fourth-order valence-corrected chi connectivity index (χ4v) is 6.15. The van der Waals surface area contributed by atoms with Crippen LogP contribution in [0.2, 0.25) is 0 Å². The van der Waals surface area contributed by atoms with E-state index in [1.54, 1.807) is 0 Å². The molecule has 0 atom stereocenters. The number of nitrogens with zero attached hydrogens (tertiary/aromatic N) is 2. The summed E-state index contributed by atoms with van der Waals surface area (Å²) in [5.41, 5.74) is 10.2. The molecule has 0 N–H and O–H groups in total. The van der Waals surface area contributed by atoms with Crippen molar-refractivity contribution in [3.8, 4) is 45.0 Å². The largest absolute Gasteiger partial charge is 0.494 e. The predicted molar refractivity (Wildman–Crippen MR) is 172 cm³/mol. The van der Waals surface area contributed by atoms with Crippen LogP contribution >= 0.6 is 0 Å². The summed E-state index contributed by atoms with van der Waals surface area (Å²) < 4.78 is 12.7. The van der Waals surface area contributed by atoms with Gasteiger partial charge in [0.25, 0.3) is 0 Å². The minimum absolute atomic E-state index is 0.0861. The molecule has 1 aliphatic heterocycles. The van der Waals surface area contributed by atoms with Gasteiger partial charge in [0, 0.05) is 16.5 Å². The lowest BCUT2D eigenvalue weighted by atomic mass is 9.78. The molecule has 4 nitrogen and oxygen atoms in total. The molecule has 1 saturated heterocycles. The molecule has 0 amide bonds. The molecule has 4 aromatic carbocycles. The highest BCUT2D eigenvalue weighted by molar-refractivity contribution is 6.62. The second kappa shape index (κ2) is 9.48. The monoisotopic (exact) mass is 550 g/mol. The molecule has 0 radical (unpaired) electrons. The summed E-state index contributed by atoms with van der Waals surface area (Å²) in [6.45, 7) is 12.9. The Morgan fingerprint density at radius 1 is 0.524 bits per heavy atom. The van der Waals surface area contributed by atoms with Gasteiger partial charge in [0.1, 0.15) is 0 Å². The maximum atomic E-state index is 6.36. The van der Waals surface area contributed by atoms with Crippen LogP contribution in [0, 0.1) is 0 Å². The molecule has 0 bridgehead atoms. The molecule has 2 aliphatic rings. The van der Waals surface area contributed by atoms with Crippen molar-refractivity contribution in [2.24, 2.45) is 0 Å². The smallest absolute Gasteiger partial charge is 0.399 e. The second-order valence-electron chi connectivity index (χ2n) is 13.0. The highest BCUT2D eigenvalue weighted by Crippen LogP contribution is 2.49. The number of hydrogen-bond donors (Lipinski definition) is 0. The third-order valence-electron chi connectivity index (χ3n) is 9.35. The van der Waals surface area contributed by atoms with Crippen molar-refractivity contribution in [1.82, 2.24) is 9.97 Å². The van der Waals surface area contributed by atoms with E-state index in [9.17, 15) is 0 Å². The van der Waals surface area contributed by atoms with Crippen LogP contribution in [0.4, 0.5) is 0 Å². The number of benzene rings is 4. The molecule has 2 heterocycles. The first-order valence-corrected chi connectivity index (χ1v) is 14.7. The van der Waals surface area contributed by atoms with Crippen LogP contribution in [0.1, 0.15) is 52.7 Å². The van der Waals surface area contributed by atoms with E-state index in [4.69, 9.17) is 19.3 Å². The fraction of sp³-hybridized carbons (Fsp3) is 0.243. The first-order chi connectivity index (χ1) is 20.0. The van der Waals surface area contributed by atoms with Crippen LogP contribution in [0.5, 0.6) is 0 Å². The lowest BCUT2D eigenvalue weighted by molar-refractivity contribution is 0.00578. The van der Waals surface area contributed by atoms with Gasteiger partial charge < -0.3 is 9.31 Å². The van der Waals surface area contributed by atoms with Crippen molar-refractivity contribution in [3.63, 3.8) is 0 Å². The van der Waals surface area contributed by atoms with Crippen LogP contribution in [0.15, 0.2) is 103 Å². The normalized spacial score (nSPS) is 17.6. The molecule has 5 heteroatoms. The Balaban J connectivity index is 1.34. The topological polar surface area (TPSA) is 44.2 Å². The standard InChI is InChI=1S/C37H35BN2O2/c1-35(2)30-18-11-10-17-28(30)29-20-19-26(22-31(29)35)33-23-32(39-34(40-33)24-13-8-7-9-14-24)25-15-12-16-27(21-25)38-41-36(3,4)37(5,6)42-38/h7-23H,1-6H3. The lowest BCUT2D eigenvalue weighted by Gasteiger charge is -2.32. The van der Waals surface area contributed by atoms with Gasteiger partial charge >= 0.3 is 7.12 Å². The van der Waals surface area contributed by atoms with E-state index in [0.29, 0.717) is 5.82 Å². The van der Waals surface area contributed by atoms with E-state index in [1.165, 1.54) is 22.3 Å². The summed E-state index contributed by atoms with van der Waals surface area (Å²) >= 11 is 0. The number of fused-ring (bicyclic) bond motifs is 3. The molecule has 42 heavy (non-hydrogen) atoms. The molecule has 0 spiro atoms. The third-order valence-corrected chi connectivity index (χ3v) is 9.35. The highest BCUT2D eigenvalue weighted by Gasteiger charge is 2.51. The first kappa shape index (κ1) is 26.8. The Labute approximate surface area is 248 Å². The summed E-state index contributed by atoms with van der Waals surface area (Å²) in [5.74, 6) is 0.701. The third kappa shape index (κ3) is 4.31. The molecule has 1 aromatic heterocycles. The van der Waals surface area contributed by atoms with Crippen molar-refractivity contribution in [3.05, 3.63) is 114 Å². The summed E-state index contributed by atoms with van der Waals surface area (Å²) in [6.07, 6.45) is 0. The van der Waals surface area contributed by atoms with E-state index in [-0.39, 0.29) is 5.41 Å². The Morgan fingerprint density at radius 3 is 1.83 bits per heavy atom. The number of hydrogen-bond acceptors (Lipinski definition) is 4. The molecule has 208 valence electrons. The Morgan fingerprint density at radius 2 is 1.12 bits per heavy atom. The van der Waals surface area contributed by atoms with Crippen molar-refractivity contribution in [2.45, 2.75) is 58.2 Å². The SMILES string of the molecule is CC1(C)c2ccccc2-c2ccc(-c3cc(-c4cccc(B5OC(C)(C)C(C)(C)O5)c4)nc(-c4ccccc4)n3)cc21. The zero-order valence-electron chi connectivity index (χ0n) is 25.1. The van der Waals surface area contributed by atoms with Crippen molar-refractivity contribution < 1.29 is 9.31 Å². The average Bonchev–Trinajstić information content (AvgIpc) is 3.37. The number of aromatic nitrogens is 2. The Bertz CT molecular complexity index is 1810. The first-order valence-electron chi connectivity index (χ1n) is 14.7. The van der Waals surface area contributed by atoms with Gasteiger partial charge in [0.15, 0.2) is 5.82 Å². The molecule has 0 saturated carbocycles. The molecule has 7 rings (SSSR count). The van der Waals surface area contributed by atoms with Crippen molar-refractivity contribution in [2.75, 3.05) is 0 Å². The maximum Gasteiger partial charge on any atom is 0.494 e. The Hall–Kier alpha value is -4.06. The van der Waals surface area contributed by atoms with Gasteiger partial charge in [-0.1, -0.05) is 105 Å². The summed E-state index contributed by atoms with van der Waals surface area (Å²) in [6, 6.07) is 36.1. The van der Waals surface area contributed by atoms with Crippen LogP contribution in [0.3, 0.4) is 0 Å². The van der Waals surface area contributed by atoms with Crippen LogP contribution in [-0.2, 0) is 14.7 Å².